The number of hydrogen-bond acceptors (Lipinski definition) is 7. The van der Waals surface area contributed by atoms with Gasteiger partial charge < -0.3 is 10.1 Å². The number of benzene rings is 2. The lowest BCUT2D eigenvalue weighted by molar-refractivity contribution is -0.384. The van der Waals surface area contributed by atoms with Crippen LogP contribution in [0.3, 0.4) is 0 Å². The fraction of sp³-hybridized carbons (Fsp3) is 0.182. The summed E-state index contributed by atoms with van der Waals surface area (Å²) in [4.78, 5) is 14.8. The number of nitriles is 1. The predicted octanol–water partition coefficient (Wildman–Crippen LogP) is 5.87. The first kappa shape index (κ1) is 21.0. The molecule has 0 radical (unpaired) electrons. The van der Waals surface area contributed by atoms with Crippen LogP contribution in [0, 0.1) is 21.4 Å². The van der Waals surface area contributed by atoms with Crippen molar-refractivity contribution in [1.29, 1.82) is 5.26 Å². The molecule has 1 aromatic heterocycles. The van der Waals surface area contributed by atoms with Gasteiger partial charge in [0.2, 0.25) is 0 Å². The Morgan fingerprint density at radius 1 is 1.33 bits per heavy atom. The van der Waals surface area contributed by atoms with E-state index in [1.54, 1.807) is 18.3 Å². The van der Waals surface area contributed by atoms with Crippen molar-refractivity contribution in [2.75, 3.05) is 11.9 Å². The van der Waals surface area contributed by atoms with E-state index in [1.165, 1.54) is 23.5 Å². The summed E-state index contributed by atoms with van der Waals surface area (Å²) in [5.74, 6) is 0.773. The van der Waals surface area contributed by atoms with Crippen LogP contribution in [0.1, 0.15) is 24.8 Å². The molecule has 0 saturated heterocycles. The van der Waals surface area contributed by atoms with Gasteiger partial charge in [-0.25, -0.2) is 4.98 Å². The lowest BCUT2D eigenvalue weighted by atomic mass is 10.1. The van der Waals surface area contributed by atoms with Gasteiger partial charge in [-0.1, -0.05) is 19.4 Å². The second-order valence-corrected chi connectivity index (χ2v) is 7.24. The second-order valence-electron chi connectivity index (χ2n) is 6.39. The summed E-state index contributed by atoms with van der Waals surface area (Å²) in [7, 11) is 0. The van der Waals surface area contributed by atoms with Gasteiger partial charge in [-0.05, 0) is 30.7 Å². The fourth-order valence-corrected chi connectivity index (χ4v) is 3.39. The average molecular weight is 420 g/mol. The maximum atomic E-state index is 10.8. The Morgan fingerprint density at radius 3 is 2.83 bits per heavy atom. The molecule has 0 aliphatic carbocycles. The topological polar surface area (TPSA) is 101 Å². The number of nitro groups is 1. The molecule has 1 N–H and O–H groups in total. The molecule has 30 heavy (non-hydrogen) atoms. The number of anilines is 1. The highest BCUT2D eigenvalue weighted by Crippen LogP contribution is 2.27. The second kappa shape index (κ2) is 10.2. The minimum atomic E-state index is -0.442. The average Bonchev–Trinajstić information content (AvgIpc) is 3.25. The maximum Gasteiger partial charge on any atom is 0.269 e. The number of allylic oxidation sites excluding steroid dienone is 1. The molecule has 3 rings (SSSR count). The fourth-order valence-electron chi connectivity index (χ4n) is 2.59. The SMILES string of the molecule is CCCCOc1cccc(NC=C(C#N)c2nc(-c3ccc([N+](=O)[O-])cc3)cs2)c1. The molecule has 152 valence electrons. The molecule has 0 aliphatic heterocycles. The van der Waals surface area contributed by atoms with E-state index in [0.717, 1.165) is 29.8 Å². The van der Waals surface area contributed by atoms with Crippen LogP contribution in [0.2, 0.25) is 0 Å². The number of non-ortho nitro benzene ring substituents is 1. The number of nitro benzene ring substituents is 1. The molecular weight excluding hydrogens is 400 g/mol. The lowest BCUT2D eigenvalue weighted by Gasteiger charge is -2.07. The highest BCUT2D eigenvalue weighted by atomic mass is 32.1. The van der Waals surface area contributed by atoms with Crippen molar-refractivity contribution >= 4 is 28.3 Å². The van der Waals surface area contributed by atoms with E-state index in [-0.39, 0.29) is 5.69 Å². The molecule has 7 nitrogen and oxygen atoms in total. The third-order valence-electron chi connectivity index (χ3n) is 4.21. The van der Waals surface area contributed by atoms with E-state index in [2.05, 4.69) is 23.3 Å². The van der Waals surface area contributed by atoms with Crippen LogP contribution in [0.5, 0.6) is 5.75 Å². The predicted molar refractivity (Wildman–Crippen MR) is 118 cm³/mol. The first-order chi connectivity index (χ1) is 14.6. The number of ether oxygens (including phenoxy) is 1. The van der Waals surface area contributed by atoms with Crippen LogP contribution >= 0.6 is 11.3 Å². The van der Waals surface area contributed by atoms with Gasteiger partial charge in [-0.2, -0.15) is 5.26 Å². The molecule has 0 unspecified atom stereocenters. The zero-order chi connectivity index (χ0) is 21.3. The van der Waals surface area contributed by atoms with Crippen molar-refractivity contribution < 1.29 is 9.66 Å². The van der Waals surface area contributed by atoms with Crippen LogP contribution in [0.4, 0.5) is 11.4 Å². The number of unbranched alkanes of at least 4 members (excludes halogenated alkanes) is 1. The number of rotatable bonds is 9. The Bertz CT molecular complexity index is 1080. The molecule has 0 aliphatic rings. The first-order valence-corrected chi connectivity index (χ1v) is 10.3. The Kier molecular flexibility index (Phi) is 7.14. The van der Waals surface area contributed by atoms with Gasteiger partial charge in [0, 0.05) is 41.0 Å². The maximum absolute atomic E-state index is 10.8. The molecule has 2 aromatic carbocycles. The zero-order valence-electron chi connectivity index (χ0n) is 16.4. The Morgan fingerprint density at radius 2 is 2.13 bits per heavy atom. The lowest BCUT2D eigenvalue weighted by Crippen LogP contribution is -1.97. The van der Waals surface area contributed by atoms with Gasteiger partial charge in [-0.15, -0.1) is 11.3 Å². The van der Waals surface area contributed by atoms with Crippen LogP contribution in [0.25, 0.3) is 16.8 Å². The third kappa shape index (κ3) is 5.43. The van der Waals surface area contributed by atoms with Crippen LogP contribution < -0.4 is 10.1 Å². The van der Waals surface area contributed by atoms with Crippen molar-refractivity contribution in [3.8, 4) is 23.1 Å². The van der Waals surface area contributed by atoms with Crippen LogP contribution in [-0.4, -0.2) is 16.5 Å². The number of aromatic nitrogens is 1. The summed E-state index contributed by atoms with van der Waals surface area (Å²) in [6.45, 7) is 2.78. The van der Waals surface area contributed by atoms with Crippen LogP contribution in [-0.2, 0) is 0 Å². The normalized spacial score (nSPS) is 11.0. The van der Waals surface area contributed by atoms with Gasteiger partial charge >= 0.3 is 0 Å². The standard InChI is InChI=1S/C22H20N4O3S/c1-2-3-11-29-20-6-4-5-18(12-20)24-14-17(13-23)22-25-21(15-30-22)16-7-9-19(10-8-16)26(27)28/h4-10,12,14-15,24H,2-3,11H2,1H3. The van der Waals surface area contributed by atoms with E-state index in [9.17, 15) is 15.4 Å². The minimum Gasteiger partial charge on any atom is -0.494 e. The Balaban J connectivity index is 1.72. The molecule has 0 amide bonds. The van der Waals surface area contributed by atoms with E-state index in [0.29, 0.717) is 22.9 Å². The minimum absolute atomic E-state index is 0.0249. The van der Waals surface area contributed by atoms with Crippen molar-refractivity contribution in [2.45, 2.75) is 19.8 Å². The molecule has 0 fully saturated rings. The van der Waals surface area contributed by atoms with Crippen molar-refractivity contribution in [3.63, 3.8) is 0 Å². The Labute approximate surface area is 178 Å². The smallest absolute Gasteiger partial charge is 0.269 e. The van der Waals surface area contributed by atoms with Gasteiger partial charge in [0.15, 0.2) is 0 Å². The third-order valence-corrected chi connectivity index (χ3v) is 5.09. The molecular formula is C22H20N4O3S. The van der Waals surface area contributed by atoms with E-state index >= 15 is 0 Å². The van der Waals surface area contributed by atoms with Crippen molar-refractivity contribution in [3.05, 3.63) is 75.2 Å². The molecule has 8 heteroatoms. The van der Waals surface area contributed by atoms with Crippen LogP contribution in [0.15, 0.2) is 60.1 Å². The largest absolute Gasteiger partial charge is 0.494 e. The summed E-state index contributed by atoms with van der Waals surface area (Å²) in [6, 6.07) is 15.9. The van der Waals surface area contributed by atoms with Gasteiger partial charge in [0.25, 0.3) is 5.69 Å². The van der Waals surface area contributed by atoms with Gasteiger partial charge in [0.1, 0.15) is 22.4 Å². The van der Waals surface area contributed by atoms with Crippen molar-refractivity contribution in [2.24, 2.45) is 0 Å². The summed E-state index contributed by atoms with van der Waals surface area (Å²) in [6.07, 6.45) is 3.68. The summed E-state index contributed by atoms with van der Waals surface area (Å²) in [5, 5.41) is 25.8. The first-order valence-electron chi connectivity index (χ1n) is 9.41. The van der Waals surface area contributed by atoms with Gasteiger partial charge in [0.05, 0.1) is 17.2 Å². The van der Waals surface area contributed by atoms with Gasteiger partial charge in [-0.3, -0.25) is 10.1 Å². The molecule has 0 saturated carbocycles. The van der Waals surface area contributed by atoms with E-state index in [4.69, 9.17) is 4.74 Å². The van der Waals surface area contributed by atoms with E-state index < -0.39 is 4.92 Å². The quantitative estimate of drug-likeness (QED) is 0.201. The molecule has 0 bridgehead atoms. The molecule has 0 spiro atoms. The summed E-state index contributed by atoms with van der Waals surface area (Å²) >= 11 is 1.34. The highest BCUT2D eigenvalue weighted by molar-refractivity contribution is 7.11. The monoisotopic (exact) mass is 420 g/mol. The molecule has 1 heterocycles. The summed E-state index contributed by atoms with van der Waals surface area (Å²) in [5.41, 5.74) is 2.65. The Hall–Kier alpha value is -3.70. The number of thiazole rings is 1. The number of nitrogens with zero attached hydrogens (tertiary/aromatic N) is 3. The number of nitrogens with one attached hydrogen (secondary N) is 1. The van der Waals surface area contributed by atoms with Crippen molar-refractivity contribution in [1.82, 2.24) is 4.98 Å². The number of hydrogen-bond donors (Lipinski definition) is 1. The van der Waals surface area contributed by atoms with E-state index in [1.807, 2.05) is 29.6 Å². The zero-order valence-corrected chi connectivity index (χ0v) is 17.2. The molecule has 3 aromatic rings. The molecule has 0 atom stereocenters. The summed E-state index contributed by atoms with van der Waals surface area (Å²) < 4.78 is 5.70. The highest BCUT2D eigenvalue weighted by Gasteiger charge is 2.11.